The summed E-state index contributed by atoms with van der Waals surface area (Å²) in [6.07, 6.45) is 10.2. The molecule has 17 heavy (non-hydrogen) atoms. The summed E-state index contributed by atoms with van der Waals surface area (Å²) >= 11 is 3.57. The summed E-state index contributed by atoms with van der Waals surface area (Å²) in [5.41, 5.74) is 7.96. The second-order valence-electron chi connectivity index (χ2n) is 4.64. The highest BCUT2D eigenvalue weighted by atomic mass is 79.9. The van der Waals surface area contributed by atoms with Crippen LogP contribution in [0.5, 0.6) is 0 Å². The highest BCUT2D eigenvalue weighted by Gasteiger charge is 2.23. The second-order valence-corrected chi connectivity index (χ2v) is 5.49. The van der Waals surface area contributed by atoms with Gasteiger partial charge in [0.25, 0.3) is 0 Å². The van der Waals surface area contributed by atoms with Crippen molar-refractivity contribution < 1.29 is 0 Å². The number of nitrogens with two attached hydrogens (primary N) is 1. The third-order valence-electron chi connectivity index (χ3n) is 3.54. The van der Waals surface area contributed by atoms with Crippen LogP contribution in [0.4, 0.5) is 11.4 Å². The van der Waals surface area contributed by atoms with Gasteiger partial charge < -0.3 is 10.6 Å². The van der Waals surface area contributed by atoms with E-state index in [2.05, 4.69) is 32.7 Å². The largest absolute Gasteiger partial charge is 0.396 e. The molecule has 1 fully saturated rings. The van der Waals surface area contributed by atoms with Crippen LogP contribution >= 0.6 is 15.9 Å². The fraction of sp³-hybridized carbons (Fsp3) is 0.615. The van der Waals surface area contributed by atoms with Gasteiger partial charge in [-0.15, -0.1) is 0 Å². The molecule has 2 N–H and O–H groups in total. The summed E-state index contributed by atoms with van der Waals surface area (Å²) in [6, 6.07) is 0.634. The van der Waals surface area contributed by atoms with Crippen LogP contribution in [0.1, 0.15) is 39.0 Å². The van der Waals surface area contributed by atoms with Crippen LogP contribution in [0.25, 0.3) is 0 Å². The van der Waals surface area contributed by atoms with Crippen molar-refractivity contribution in [1.82, 2.24) is 4.98 Å². The lowest BCUT2D eigenvalue weighted by molar-refractivity contribution is 0.418. The lowest BCUT2D eigenvalue weighted by Crippen LogP contribution is -2.37. The molecule has 0 aliphatic heterocycles. The number of nitrogens with zero attached hydrogens (tertiary/aromatic N) is 2. The van der Waals surface area contributed by atoms with Gasteiger partial charge in [-0.25, -0.2) is 0 Å². The van der Waals surface area contributed by atoms with E-state index in [-0.39, 0.29) is 0 Å². The molecule has 2 rings (SSSR count). The molecule has 1 aromatic rings. The van der Waals surface area contributed by atoms with Crippen molar-refractivity contribution in [1.29, 1.82) is 0 Å². The average molecular weight is 298 g/mol. The van der Waals surface area contributed by atoms with Gasteiger partial charge in [-0.2, -0.15) is 0 Å². The van der Waals surface area contributed by atoms with Gasteiger partial charge in [-0.05, 0) is 35.7 Å². The lowest BCUT2D eigenvalue weighted by atomic mass is 9.94. The first-order valence-corrected chi connectivity index (χ1v) is 7.19. The number of rotatable bonds is 3. The Morgan fingerprint density at radius 3 is 2.65 bits per heavy atom. The number of hydrogen-bond acceptors (Lipinski definition) is 3. The SMILES string of the molecule is CCN(c1c(N)cncc1Br)C1CCCCC1. The second kappa shape index (κ2) is 5.71. The normalized spacial score (nSPS) is 17.1. The molecule has 1 aliphatic rings. The first kappa shape index (κ1) is 12.7. The molecular formula is C13H20BrN3. The molecule has 0 spiro atoms. The summed E-state index contributed by atoms with van der Waals surface area (Å²) in [5.74, 6) is 0. The highest BCUT2D eigenvalue weighted by molar-refractivity contribution is 9.10. The van der Waals surface area contributed by atoms with Crippen molar-refractivity contribution in [3.8, 4) is 0 Å². The first-order chi connectivity index (χ1) is 8.24. The zero-order chi connectivity index (χ0) is 12.3. The van der Waals surface area contributed by atoms with Gasteiger partial charge in [-0.1, -0.05) is 19.3 Å². The Labute approximate surface area is 112 Å². The van der Waals surface area contributed by atoms with Crippen LogP contribution < -0.4 is 10.6 Å². The number of aromatic nitrogens is 1. The number of halogens is 1. The maximum Gasteiger partial charge on any atom is 0.0778 e. The Hall–Kier alpha value is -0.770. The van der Waals surface area contributed by atoms with Crippen LogP contribution in [0.2, 0.25) is 0 Å². The van der Waals surface area contributed by atoms with Crippen molar-refractivity contribution in [2.24, 2.45) is 0 Å². The molecule has 1 aliphatic carbocycles. The molecule has 94 valence electrons. The van der Waals surface area contributed by atoms with E-state index in [1.54, 1.807) is 6.20 Å². The highest BCUT2D eigenvalue weighted by Crippen LogP contribution is 2.35. The molecule has 0 unspecified atom stereocenters. The van der Waals surface area contributed by atoms with Crippen molar-refractivity contribution in [2.75, 3.05) is 17.2 Å². The Kier molecular flexibility index (Phi) is 4.26. The topological polar surface area (TPSA) is 42.1 Å². The molecule has 1 heterocycles. The zero-order valence-electron chi connectivity index (χ0n) is 10.3. The van der Waals surface area contributed by atoms with Gasteiger partial charge in [0.1, 0.15) is 0 Å². The van der Waals surface area contributed by atoms with Crippen LogP contribution in [0, 0.1) is 0 Å². The maximum absolute atomic E-state index is 6.07. The third-order valence-corrected chi connectivity index (χ3v) is 4.12. The quantitative estimate of drug-likeness (QED) is 0.927. The Morgan fingerprint density at radius 2 is 2.06 bits per heavy atom. The molecule has 1 aromatic heterocycles. The van der Waals surface area contributed by atoms with E-state index in [1.165, 1.54) is 32.1 Å². The predicted molar refractivity (Wildman–Crippen MR) is 76.2 cm³/mol. The molecule has 0 atom stereocenters. The van der Waals surface area contributed by atoms with E-state index in [0.717, 1.165) is 22.4 Å². The van der Waals surface area contributed by atoms with E-state index in [9.17, 15) is 0 Å². The van der Waals surface area contributed by atoms with E-state index < -0.39 is 0 Å². The smallest absolute Gasteiger partial charge is 0.0778 e. The van der Waals surface area contributed by atoms with Gasteiger partial charge in [-0.3, -0.25) is 4.98 Å². The predicted octanol–water partition coefficient (Wildman–Crippen LogP) is 3.59. The average Bonchev–Trinajstić information content (AvgIpc) is 2.35. The minimum Gasteiger partial charge on any atom is -0.396 e. The van der Waals surface area contributed by atoms with Gasteiger partial charge >= 0.3 is 0 Å². The fourth-order valence-corrected chi connectivity index (χ4v) is 3.31. The van der Waals surface area contributed by atoms with Gasteiger partial charge in [0.05, 0.1) is 22.0 Å². The van der Waals surface area contributed by atoms with Crippen molar-refractivity contribution >= 4 is 27.3 Å². The summed E-state index contributed by atoms with van der Waals surface area (Å²) < 4.78 is 1.00. The minimum atomic E-state index is 0.634. The zero-order valence-corrected chi connectivity index (χ0v) is 11.9. The van der Waals surface area contributed by atoms with Gasteiger partial charge in [0.2, 0.25) is 0 Å². The minimum absolute atomic E-state index is 0.634. The molecule has 0 aromatic carbocycles. The van der Waals surface area contributed by atoms with Crippen molar-refractivity contribution in [2.45, 2.75) is 45.1 Å². The molecule has 1 saturated carbocycles. The molecular weight excluding hydrogens is 278 g/mol. The van der Waals surface area contributed by atoms with Crippen LogP contribution in [0.3, 0.4) is 0 Å². The number of nitrogen functional groups attached to an aromatic ring is 1. The first-order valence-electron chi connectivity index (χ1n) is 6.39. The maximum atomic E-state index is 6.07. The van der Waals surface area contributed by atoms with Gasteiger partial charge in [0.15, 0.2) is 0 Å². The number of pyridine rings is 1. The Balaban J connectivity index is 2.27. The van der Waals surface area contributed by atoms with Crippen LogP contribution in [-0.2, 0) is 0 Å². The van der Waals surface area contributed by atoms with Crippen LogP contribution in [-0.4, -0.2) is 17.6 Å². The summed E-state index contributed by atoms with van der Waals surface area (Å²) in [7, 11) is 0. The van der Waals surface area contributed by atoms with Crippen LogP contribution in [0.15, 0.2) is 16.9 Å². The van der Waals surface area contributed by atoms with Gasteiger partial charge in [0, 0.05) is 18.8 Å². The molecule has 0 saturated heterocycles. The van der Waals surface area contributed by atoms with E-state index in [0.29, 0.717) is 6.04 Å². The van der Waals surface area contributed by atoms with E-state index in [1.807, 2.05) is 6.20 Å². The Bertz CT molecular complexity index is 355. The van der Waals surface area contributed by atoms with Crippen molar-refractivity contribution in [3.63, 3.8) is 0 Å². The summed E-state index contributed by atoms with van der Waals surface area (Å²) in [6.45, 7) is 3.19. The number of hydrogen-bond donors (Lipinski definition) is 1. The molecule has 0 amide bonds. The summed E-state index contributed by atoms with van der Waals surface area (Å²) in [4.78, 5) is 6.54. The van der Waals surface area contributed by atoms with E-state index >= 15 is 0 Å². The summed E-state index contributed by atoms with van der Waals surface area (Å²) in [5, 5.41) is 0. The fourth-order valence-electron chi connectivity index (χ4n) is 2.74. The molecule has 0 bridgehead atoms. The van der Waals surface area contributed by atoms with Crippen molar-refractivity contribution in [3.05, 3.63) is 16.9 Å². The Morgan fingerprint density at radius 1 is 1.35 bits per heavy atom. The third kappa shape index (κ3) is 2.73. The lowest BCUT2D eigenvalue weighted by Gasteiger charge is -2.36. The number of anilines is 2. The molecule has 4 heteroatoms. The van der Waals surface area contributed by atoms with E-state index in [4.69, 9.17) is 5.73 Å². The molecule has 0 radical (unpaired) electrons. The monoisotopic (exact) mass is 297 g/mol. The molecule has 3 nitrogen and oxygen atoms in total. The standard InChI is InChI=1S/C13H20BrN3/c1-2-17(10-6-4-3-5-7-10)13-11(14)8-16-9-12(13)15/h8-10H,2-7,15H2,1H3.